The molecule has 6 rings (SSSR count). The first-order chi connectivity index (χ1) is 12.8. The van der Waals surface area contributed by atoms with Gasteiger partial charge in [-0.2, -0.15) is 0 Å². The third-order valence-electron chi connectivity index (χ3n) is 4.65. The second kappa shape index (κ2) is 5.67. The molecule has 2 heterocycles. The van der Waals surface area contributed by atoms with Crippen LogP contribution in [-0.2, 0) is 0 Å². The number of nitrogens with one attached hydrogen (secondary N) is 1. The van der Waals surface area contributed by atoms with E-state index in [9.17, 15) is 0 Å². The molecule has 0 radical (unpaired) electrons. The SMILES string of the molecule is Nc1ncnc2nc[nH]c12.c1cc2ccc3cccc4ccc(c1)c2c34. The Morgan fingerprint density at radius 3 is 1.69 bits per heavy atom. The Bertz CT molecular complexity index is 1220. The maximum Gasteiger partial charge on any atom is 0.182 e. The van der Waals surface area contributed by atoms with Crippen LogP contribution in [0.25, 0.3) is 43.5 Å². The van der Waals surface area contributed by atoms with Crippen LogP contribution in [0.4, 0.5) is 5.82 Å². The van der Waals surface area contributed by atoms with Gasteiger partial charge >= 0.3 is 0 Å². The molecule has 5 heteroatoms. The number of aromatic nitrogens is 4. The zero-order chi connectivity index (χ0) is 17.5. The Morgan fingerprint density at radius 1 is 0.654 bits per heavy atom. The molecule has 4 aromatic carbocycles. The summed E-state index contributed by atoms with van der Waals surface area (Å²) >= 11 is 0. The summed E-state index contributed by atoms with van der Waals surface area (Å²) < 4.78 is 0. The first kappa shape index (κ1) is 14.6. The third-order valence-corrected chi connectivity index (χ3v) is 4.65. The first-order valence-corrected chi connectivity index (χ1v) is 8.33. The van der Waals surface area contributed by atoms with E-state index in [1.807, 2.05) is 0 Å². The Hall–Kier alpha value is -3.73. The topological polar surface area (TPSA) is 80.5 Å². The molecule has 0 amide bonds. The maximum atomic E-state index is 5.48. The highest BCUT2D eigenvalue weighted by Gasteiger charge is 2.06. The lowest BCUT2D eigenvalue weighted by Gasteiger charge is -2.09. The van der Waals surface area contributed by atoms with Crippen molar-refractivity contribution in [2.45, 2.75) is 0 Å². The average molecular weight is 337 g/mol. The van der Waals surface area contributed by atoms with Crippen LogP contribution in [0.15, 0.2) is 73.3 Å². The van der Waals surface area contributed by atoms with E-state index >= 15 is 0 Å². The predicted molar refractivity (Wildman–Crippen MR) is 106 cm³/mol. The number of hydrogen-bond acceptors (Lipinski definition) is 4. The summed E-state index contributed by atoms with van der Waals surface area (Å²) in [6, 6.07) is 21.9. The Balaban J connectivity index is 0.000000129. The minimum atomic E-state index is 0.433. The zero-order valence-electron chi connectivity index (χ0n) is 13.8. The van der Waals surface area contributed by atoms with Gasteiger partial charge in [0.2, 0.25) is 0 Å². The van der Waals surface area contributed by atoms with Crippen LogP contribution in [0.1, 0.15) is 0 Å². The fourth-order valence-corrected chi connectivity index (χ4v) is 3.45. The van der Waals surface area contributed by atoms with Gasteiger partial charge in [0, 0.05) is 0 Å². The van der Waals surface area contributed by atoms with Gasteiger partial charge in [0.05, 0.1) is 6.33 Å². The van der Waals surface area contributed by atoms with E-state index in [1.54, 1.807) is 0 Å². The lowest BCUT2D eigenvalue weighted by molar-refractivity contribution is 1.21. The molecule has 0 bridgehead atoms. The van der Waals surface area contributed by atoms with E-state index < -0.39 is 0 Å². The maximum absolute atomic E-state index is 5.48. The standard InChI is InChI=1S/C16H10.C5H5N5/c1-3-11-7-9-13-5-2-6-14-10-8-12(4-1)15(11)16(13)14;6-4-3-5(9-1-7-3)10-2-8-4/h1-10H;1-2H,(H3,6,7,8,9,10). The molecule has 124 valence electrons. The second-order valence-electron chi connectivity index (χ2n) is 6.15. The summed E-state index contributed by atoms with van der Waals surface area (Å²) in [4.78, 5) is 14.4. The molecular formula is C21H15N5. The van der Waals surface area contributed by atoms with Crippen molar-refractivity contribution in [3.63, 3.8) is 0 Å². The van der Waals surface area contributed by atoms with Crippen molar-refractivity contribution in [2.24, 2.45) is 0 Å². The van der Waals surface area contributed by atoms with Crippen LogP contribution in [0.2, 0.25) is 0 Å². The molecule has 0 spiro atoms. The Labute approximate surface area is 148 Å². The highest BCUT2D eigenvalue weighted by molar-refractivity contribution is 6.22. The molecule has 0 saturated carbocycles. The molecule has 0 atom stereocenters. The van der Waals surface area contributed by atoms with Crippen LogP contribution in [0.3, 0.4) is 0 Å². The monoisotopic (exact) mass is 337 g/mol. The molecule has 0 fully saturated rings. The van der Waals surface area contributed by atoms with Gasteiger partial charge in [-0.1, -0.05) is 60.7 Å². The fourth-order valence-electron chi connectivity index (χ4n) is 3.45. The molecule has 5 nitrogen and oxygen atoms in total. The van der Waals surface area contributed by atoms with Crippen LogP contribution < -0.4 is 5.73 Å². The van der Waals surface area contributed by atoms with Crippen molar-refractivity contribution >= 4 is 49.3 Å². The van der Waals surface area contributed by atoms with Gasteiger partial charge in [-0.3, -0.25) is 0 Å². The lowest BCUT2D eigenvalue weighted by Crippen LogP contribution is -1.91. The number of nitrogens with two attached hydrogens (primary N) is 1. The molecule has 3 N–H and O–H groups in total. The van der Waals surface area contributed by atoms with Crippen LogP contribution in [0.5, 0.6) is 0 Å². The fraction of sp³-hybridized carbons (Fsp3) is 0. The van der Waals surface area contributed by atoms with Crippen LogP contribution in [0, 0.1) is 0 Å². The van der Waals surface area contributed by atoms with Gasteiger partial charge in [-0.15, -0.1) is 0 Å². The van der Waals surface area contributed by atoms with E-state index in [0.29, 0.717) is 17.0 Å². The van der Waals surface area contributed by atoms with E-state index in [1.165, 1.54) is 45.0 Å². The van der Waals surface area contributed by atoms with Gasteiger partial charge in [0.25, 0.3) is 0 Å². The number of rotatable bonds is 0. The van der Waals surface area contributed by atoms with E-state index in [-0.39, 0.29) is 0 Å². The van der Waals surface area contributed by atoms with Crippen molar-refractivity contribution < 1.29 is 0 Å². The molecule has 6 aromatic rings. The van der Waals surface area contributed by atoms with Crippen molar-refractivity contribution in [3.05, 3.63) is 73.3 Å². The summed E-state index contributed by atoms with van der Waals surface area (Å²) in [5, 5.41) is 8.14. The van der Waals surface area contributed by atoms with E-state index in [0.717, 1.165) is 0 Å². The first-order valence-electron chi connectivity index (χ1n) is 8.33. The Kier molecular flexibility index (Phi) is 3.18. The minimum Gasteiger partial charge on any atom is -0.382 e. The minimum absolute atomic E-state index is 0.433. The molecular weight excluding hydrogens is 322 g/mol. The van der Waals surface area contributed by atoms with Crippen molar-refractivity contribution in [1.82, 2.24) is 19.9 Å². The number of imidazole rings is 1. The second-order valence-corrected chi connectivity index (χ2v) is 6.15. The number of nitrogen functional groups attached to an aromatic ring is 1. The van der Waals surface area contributed by atoms with Gasteiger partial charge in [-0.05, 0) is 32.3 Å². The average Bonchev–Trinajstić information content (AvgIpc) is 3.17. The van der Waals surface area contributed by atoms with Gasteiger partial charge in [-0.25, -0.2) is 15.0 Å². The smallest absolute Gasteiger partial charge is 0.182 e. The van der Waals surface area contributed by atoms with Crippen molar-refractivity contribution in [2.75, 3.05) is 5.73 Å². The molecule has 0 aliphatic carbocycles. The number of nitrogens with zero attached hydrogens (tertiary/aromatic N) is 3. The number of aromatic amines is 1. The van der Waals surface area contributed by atoms with Crippen molar-refractivity contribution in [3.8, 4) is 0 Å². The summed E-state index contributed by atoms with van der Waals surface area (Å²) in [7, 11) is 0. The number of anilines is 1. The summed E-state index contributed by atoms with van der Waals surface area (Å²) in [5.74, 6) is 0.433. The molecule has 0 aliphatic heterocycles. The summed E-state index contributed by atoms with van der Waals surface area (Å²) in [6.45, 7) is 0. The number of hydrogen-bond donors (Lipinski definition) is 2. The highest BCUT2D eigenvalue weighted by atomic mass is 15.0. The van der Waals surface area contributed by atoms with Crippen LogP contribution in [-0.4, -0.2) is 19.9 Å². The van der Waals surface area contributed by atoms with Crippen LogP contribution >= 0.6 is 0 Å². The normalized spacial score (nSPS) is 11.2. The lowest BCUT2D eigenvalue weighted by atomic mass is 9.95. The molecule has 2 aromatic heterocycles. The van der Waals surface area contributed by atoms with Gasteiger partial charge < -0.3 is 10.7 Å². The molecule has 0 saturated heterocycles. The molecule has 26 heavy (non-hydrogen) atoms. The van der Waals surface area contributed by atoms with Gasteiger partial charge in [0.15, 0.2) is 11.5 Å². The number of fused-ring (bicyclic) bond motifs is 1. The quantitative estimate of drug-likeness (QED) is 0.399. The Morgan fingerprint density at radius 2 is 1.19 bits per heavy atom. The largest absolute Gasteiger partial charge is 0.382 e. The third kappa shape index (κ3) is 2.22. The van der Waals surface area contributed by atoms with Gasteiger partial charge in [0.1, 0.15) is 11.8 Å². The van der Waals surface area contributed by atoms with Crippen molar-refractivity contribution in [1.29, 1.82) is 0 Å². The summed E-state index contributed by atoms with van der Waals surface area (Å²) in [5.41, 5.74) is 6.78. The predicted octanol–water partition coefficient (Wildman–Crippen LogP) is 4.52. The number of benzene rings is 4. The zero-order valence-corrected chi connectivity index (χ0v) is 13.8. The summed E-state index contributed by atoms with van der Waals surface area (Å²) in [6.07, 6.45) is 2.92. The molecule has 0 unspecified atom stereocenters. The van der Waals surface area contributed by atoms with E-state index in [2.05, 4.69) is 80.6 Å². The highest BCUT2D eigenvalue weighted by Crippen LogP contribution is 2.33. The molecule has 0 aliphatic rings. The number of H-pyrrole nitrogens is 1. The van der Waals surface area contributed by atoms with E-state index in [4.69, 9.17) is 5.73 Å².